The first-order chi connectivity index (χ1) is 18.9. The van der Waals surface area contributed by atoms with E-state index >= 15 is 0 Å². The molecule has 2 saturated heterocycles. The van der Waals surface area contributed by atoms with Crippen LogP contribution in [0.5, 0.6) is 5.88 Å². The van der Waals surface area contributed by atoms with E-state index in [1.807, 2.05) is 4.90 Å². The van der Waals surface area contributed by atoms with Crippen LogP contribution in [0.1, 0.15) is 72.1 Å². The van der Waals surface area contributed by atoms with Crippen LogP contribution in [0.3, 0.4) is 0 Å². The highest BCUT2D eigenvalue weighted by Gasteiger charge is 2.55. The molecule has 0 aromatic carbocycles. The molecule has 40 heavy (non-hydrogen) atoms. The van der Waals surface area contributed by atoms with E-state index in [2.05, 4.69) is 39.7 Å². The predicted molar refractivity (Wildman–Crippen MR) is 146 cm³/mol. The number of amides is 2. The third-order valence-electron chi connectivity index (χ3n) is 8.86. The fourth-order valence-corrected chi connectivity index (χ4v) is 5.85. The SMILES string of the molecule is COc1cc(-c2cc(C(=O)N3CC[C@H](C(=O)N[C@H]4CCC4(C)C)CC34CC4)[nH]n2)c(F)cn1.FC1(F)CCNC1.[HH].[HH]. The highest BCUT2D eigenvalue weighted by molar-refractivity contribution is 5.94. The zero-order valence-corrected chi connectivity index (χ0v) is 23.2. The molecule has 6 rings (SSSR count). The predicted octanol–water partition coefficient (Wildman–Crippen LogP) is 4.42. The van der Waals surface area contributed by atoms with Gasteiger partial charge in [-0.05, 0) is 50.0 Å². The molecule has 2 aliphatic heterocycles. The molecule has 9 nitrogen and oxygen atoms in total. The van der Waals surface area contributed by atoms with Crippen LogP contribution in [0.4, 0.5) is 13.2 Å². The zero-order chi connectivity index (χ0) is 28.7. The molecular weight excluding hydrogens is 525 g/mol. The van der Waals surface area contributed by atoms with E-state index in [9.17, 15) is 22.8 Å². The number of aromatic nitrogens is 3. The minimum absolute atomic E-state index is 0. The van der Waals surface area contributed by atoms with Gasteiger partial charge in [0.05, 0.1) is 25.5 Å². The van der Waals surface area contributed by atoms with Crippen molar-refractivity contribution >= 4 is 11.8 Å². The van der Waals surface area contributed by atoms with Crippen LogP contribution in [0.2, 0.25) is 0 Å². The number of nitrogens with one attached hydrogen (secondary N) is 3. The normalized spacial score (nSPS) is 25.4. The number of H-pyrrole nitrogens is 1. The van der Waals surface area contributed by atoms with E-state index in [1.54, 1.807) is 6.07 Å². The highest BCUT2D eigenvalue weighted by Crippen LogP contribution is 2.51. The molecule has 1 spiro atoms. The van der Waals surface area contributed by atoms with Gasteiger partial charge in [-0.15, -0.1) is 0 Å². The number of likely N-dealkylation sites (tertiary alicyclic amines) is 1. The number of aromatic amines is 1. The van der Waals surface area contributed by atoms with Crippen molar-refractivity contribution in [2.24, 2.45) is 11.3 Å². The quantitative estimate of drug-likeness (QED) is 0.494. The number of carbonyl (C=O) groups excluding carboxylic acids is 2. The van der Waals surface area contributed by atoms with Gasteiger partial charge in [0.25, 0.3) is 11.8 Å². The Bertz CT molecular complexity index is 1270. The van der Waals surface area contributed by atoms with Crippen LogP contribution < -0.4 is 15.4 Å². The first-order valence-electron chi connectivity index (χ1n) is 13.9. The number of hydrogen-bond donors (Lipinski definition) is 3. The minimum Gasteiger partial charge on any atom is -0.481 e. The first-order valence-corrected chi connectivity index (χ1v) is 13.9. The number of carbonyl (C=O) groups is 2. The fourth-order valence-electron chi connectivity index (χ4n) is 5.85. The molecule has 2 aromatic heterocycles. The van der Waals surface area contributed by atoms with Crippen molar-refractivity contribution in [3.8, 4) is 17.1 Å². The van der Waals surface area contributed by atoms with Gasteiger partial charge in [0.15, 0.2) is 5.82 Å². The Kier molecular flexibility index (Phi) is 7.58. The van der Waals surface area contributed by atoms with Gasteiger partial charge in [-0.2, -0.15) is 5.10 Å². The second-order valence-corrected chi connectivity index (χ2v) is 12.1. The van der Waals surface area contributed by atoms with Gasteiger partial charge in [0, 0.05) is 51.5 Å². The molecule has 4 heterocycles. The molecule has 2 atom stereocenters. The van der Waals surface area contributed by atoms with Crippen LogP contribution in [0.15, 0.2) is 18.3 Å². The van der Waals surface area contributed by atoms with E-state index in [0.29, 0.717) is 37.3 Å². The second kappa shape index (κ2) is 10.7. The van der Waals surface area contributed by atoms with Gasteiger partial charge in [-0.3, -0.25) is 14.7 Å². The third-order valence-corrected chi connectivity index (χ3v) is 8.86. The smallest absolute Gasteiger partial charge is 0.272 e. The van der Waals surface area contributed by atoms with Gasteiger partial charge < -0.3 is 20.3 Å². The van der Waals surface area contributed by atoms with E-state index in [-0.39, 0.29) is 62.0 Å². The maximum absolute atomic E-state index is 14.3. The van der Waals surface area contributed by atoms with E-state index < -0.39 is 11.7 Å². The first kappa shape index (κ1) is 28.4. The summed E-state index contributed by atoms with van der Waals surface area (Å²) in [7, 11) is 1.45. The fraction of sp³-hybridized carbons (Fsp3) is 0.643. The van der Waals surface area contributed by atoms with Gasteiger partial charge in [-0.25, -0.2) is 18.2 Å². The molecule has 4 aliphatic rings. The minimum atomic E-state index is -2.42. The summed E-state index contributed by atoms with van der Waals surface area (Å²) >= 11 is 0. The number of rotatable bonds is 5. The molecule has 222 valence electrons. The Morgan fingerprint density at radius 1 is 1.18 bits per heavy atom. The monoisotopic (exact) mass is 566 g/mol. The maximum Gasteiger partial charge on any atom is 0.272 e. The Labute approximate surface area is 234 Å². The topological polar surface area (TPSA) is 112 Å². The number of methoxy groups -OCH3 is 1. The lowest BCUT2D eigenvalue weighted by Crippen LogP contribution is -2.56. The molecule has 2 saturated carbocycles. The van der Waals surface area contributed by atoms with Crippen LogP contribution in [-0.2, 0) is 4.79 Å². The van der Waals surface area contributed by atoms with Gasteiger partial charge in [0.1, 0.15) is 5.69 Å². The van der Waals surface area contributed by atoms with E-state index in [0.717, 1.165) is 31.9 Å². The van der Waals surface area contributed by atoms with Crippen molar-refractivity contribution in [2.75, 3.05) is 26.7 Å². The molecule has 3 N–H and O–H groups in total. The van der Waals surface area contributed by atoms with Gasteiger partial charge in [0.2, 0.25) is 11.8 Å². The highest BCUT2D eigenvalue weighted by atomic mass is 19.3. The summed E-state index contributed by atoms with van der Waals surface area (Å²) in [4.78, 5) is 32.0. The molecular formula is C28H41F3N6O3. The number of nitrogens with zero attached hydrogens (tertiary/aromatic N) is 3. The van der Waals surface area contributed by atoms with Crippen LogP contribution in [0.25, 0.3) is 11.3 Å². The number of halogens is 3. The summed E-state index contributed by atoms with van der Waals surface area (Å²) in [6.45, 7) is 5.24. The molecule has 2 aliphatic carbocycles. The van der Waals surface area contributed by atoms with E-state index in [4.69, 9.17) is 4.74 Å². The summed E-state index contributed by atoms with van der Waals surface area (Å²) in [6.07, 6.45) is 6.38. The Morgan fingerprint density at radius 3 is 2.50 bits per heavy atom. The number of pyridine rings is 1. The molecule has 0 bridgehead atoms. The number of alkyl halides is 2. The average Bonchev–Trinajstić information content (AvgIpc) is 3.31. The second-order valence-electron chi connectivity index (χ2n) is 12.1. The largest absolute Gasteiger partial charge is 0.481 e. The number of hydrogen-bond acceptors (Lipinski definition) is 6. The zero-order valence-electron chi connectivity index (χ0n) is 23.2. The lowest BCUT2D eigenvalue weighted by Gasteiger charge is -2.46. The van der Waals surface area contributed by atoms with Gasteiger partial charge >= 0.3 is 0 Å². The Balaban J connectivity index is 0.000000474. The Hall–Kier alpha value is -3.15. The summed E-state index contributed by atoms with van der Waals surface area (Å²) in [6, 6.07) is 3.26. The molecule has 2 aromatic rings. The van der Waals surface area contributed by atoms with E-state index in [1.165, 1.54) is 13.2 Å². The summed E-state index contributed by atoms with van der Waals surface area (Å²) in [5, 5.41) is 12.7. The van der Waals surface area contributed by atoms with Crippen molar-refractivity contribution in [3.05, 3.63) is 29.8 Å². The standard InChI is InChI=1S/C24H30FN5O3.C4H7F2N.2H2/c1-23(2)6-4-19(23)27-21(31)14-5-9-30(24(12-14)7-8-24)22(32)18-11-17(28-29-18)15-10-20(33-3)26-13-16(15)25;5-4(6)1-2-7-3-4;;/h10-11,13-14,19H,4-9,12H2,1-3H3,(H,27,31)(H,28,29);7H,1-3H2;2*1H/t14-,19-;;;/m0.../s1. The van der Waals surface area contributed by atoms with Crippen LogP contribution >= 0.6 is 0 Å². The summed E-state index contributed by atoms with van der Waals surface area (Å²) in [5.41, 5.74) is 0.750. The molecule has 0 unspecified atom stereocenters. The third kappa shape index (κ3) is 5.82. The van der Waals surface area contributed by atoms with Crippen molar-refractivity contribution in [2.45, 2.75) is 76.3 Å². The van der Waals surface area contributed by atoms with Crippen LogP contribution in [-0.4, -0.2) is 76.1 Å². The van der Waals surface area contributed by atoms with Crippen molar-refractivity contribution < 1.29 is 30.4 Å². The Morgan fingerprint density at radius 2 is 1.95 bits per heavy atom. The molecule has 0 radical (unpaired) electrons. The lowest BCUT2D eigenvalue weighted by atomic mass is 9.67. The average molecular weight is 567 g/mol. The van der Waals surface area contributed by atoms with Crippen molar-refractivity contribution in [3.63, 3.8) is 0 Å². The van der Waals surface area contributed by atoms with Crippen LogP contribution in [0, 0.1) is 17.2 Å². The summed E-state index contributed by atoms with van der Waals surface area (Å²) < 4.78 is 43.1. The lowest BCUT2D eigenvalue weighted by molar-refractivity contribution is -0.130. The summed E-state index contributed by atoms with van der Waals surface area (Å²) in [5.74, 6) is -2.79. The van der Waals surface area contributed by atoms with Crippen molar-refractivity contribution in [1.82, 2.24) is 30.7 Å². The van der Waals surface area contributed by atoms with Gasteiger partial charge in [-0.1, -0.05) is 13.8 Å². The van der Waals surface area contributed by atoms with Crippen molar-refractivity contribution in [1.29, 1.82) is 0 Å². The molecule has 2 amide bonds. The maximum atomic E-state index is 14.3. The number of ether oxygens (including phenoxy) is 1. The molecule has 12 heteroatoms. The molecule has 4 fully saturated rings. The number of piperidine rings is 1.